The van der Waals surface area contributed by atoms with E-state index in [1.807, 2.05) is 32.8 Å². The molecule has 0 radical (unpaired) electrons. The highest BCUT2D eigenvalue weighted by atomic mass is 16.5. The Labute approximate surface area is 347 Å². The summed E-state index contributed by atoms with van der Waals surface area (Å²) in [6.45, 7) is 22.2. The normalized spacial score (nSPS) is 38.6. The number of rotatable bonds is 11. The van der Waals surface area contributed by atoms with E-state index in [2.05, 4.69) is 63.3 Å². The summed E-state index contributed by atoms with van der Waals surface area (Å²) >= 11 is 0. The Morgan fingerprint density at radius 3 is 2.16 bits per heavy atom. The van der Waals surface area contributed by atoms with Crippen LogP contribution < -0.4 is 0 Å². The van der Waals surface area contributed by atoms with E-state index in [0.29, 0.717) is 44.2 Å². The molecule has 0 bridgehead atoms. The van der Waals surface area contributed by atoms with Gasteiger partial charge in [0, 0.05) is 61.3 Å². The summed E-state index contributed by atoms with van der Waals surface area (Å²) < 4.78 is 6.44. The van der Waals surface area contributed by atoms with Crippen molar-refractivity contribution in [1.82, 2.24) is 19.8 Å². The number of likely N-dealkylation sites (N-methyl/N-ethyl adjacent to an activating group) is 1. The minimum Gasteiger partial charge on any atom is -0.481 e. The molecule has 10 nitrogen and oxygen atoms in total. The fourth-order valence-corrected chi connectivity index (χ4v) is 14.7. The monoisotopic (exact) mass is 801 g/mol. The smallest absolute Gasteiger partial charge is 0.309 e. The molecule has 0 saturated heterocycles. The van der Waals surface area contributed by atoms with E-state index in [-0.39, 0.29) is 63.2 Å². The van der Waals surface area contributed by atoms with E-state index in [9.17, 15) is 24.3 Å². The van der Waals surface area contributed by atoms with Gasteiger partial charge in [0.05, 0.1) is 11.8 Å². The molecule has 1 aromatic heterocycles. The predicted molar refractivity (Wildman–Crippen MR) is 223 cm³/mol. The summed E-state index contributed by atoms with van der Waals surface area (Å²) in [5.74, 6) is -0.371. The number of Topliss-reactive ketones (excluding diaryl/α,β-unsaturated/α-hetero) is 1. The highest BCUT2D eigenvalue weighted by Crippen LogP contribution is 2.77. The number of carbonyl (C=O) groups is 4. The highest BCUT2D eigenvalue weighted by Gasteiger charge is 2.70. The van der Waals surface area contributed by atoms with Gasteiger partial charge in [-0.3, -0.25) is 19.2 Å². The molecular formula is C48H72N4O6. The van der Waals surface area contributed by atoms with E-state index < -0.39 is 22.7 Å². The molecule has 1 amide bonds. The van der Waals surface area contributed by atoms with Gasteiger partial charge in [0.15, 0.2) is 5.78 Å². The molecule has 5 fully saturated rings. The van der Waals surface area contributed by atoms with E-state index in [1.54, 1.807) is 12.4 Å². The first kappa shape index (κ1) is 43.0. The Kier molecular flexibility index (Phi) is 11.0. The number of amides is 1. The number of aromatic nitrogens is 2. The standard InChI is InChI=1S/C48H72N4O6/c1-29(2)39-34(53)23-48(24-38(54)52(21-20-51(10)11)27-30-25-49-28-50-26-30)19-18-46(8)31(40(39)48)12-13-36-45(7)16-15-37(44(5,6)35(45)14-17-47(36,46)9)58-42(57)33-22-32(41(55)56)43(33,3)4/h25-26,28-29,31-33,35-37H,12-24,27H2,1-11H3,(H,55,56)/t31-,32+,33-,35+,36-,37?,45+,46-,47-,48?/m1/s1. The van der Waals surface area contributed by atoms with Crippen molar-refractivity contribution in [2.75, 3.05) is 27.2 Å². The van der Waals surface area contributed by atoms with Crippen LogP contribution in [0.1, 0.15) is 139 Å². The molecule has 0 aliphatic heterocycles. The van der Waals surface area contributed by atoms with Crippen LogP contribution in [0.15, 0.2) is 29.9 Å². The summed E-state index contributed by atoms with van der Waals surface area (Å²) in [4.78, 5) is 66.9. The Bertz CT molecular complexity index is 1840. The SMILES string of the molecule is CC(C)C1=C2[C@H]3CC[C@@H]4[C@@]5(C)CCC(OC(=O)[C@H]6C[C@@H](C(=O)O)C6(C)C)C(C)(C)[C@@H]5CC[C@@]4(C)[C@]3(C)CCC2(CC(=O)N(CCN(C)C)Cc2cncnc2)CC1=O. The summed E-state index contributed by atoms with van der Waals surface area (Å²) in [7, 11) is 4.06. The Morgan fingerprint density at radius 1 is 0.845 bits per heavy atom. The van der Waals surface area contributed by atoms with Gasteiger partial charge in [-0.05, 0) is 123 Å². The van der Waals surface area contributed by atoms with E-state index in [1.165, 1.54) is 11.9 Å². The zero-order valence-electron chi connectivity index (χ0n) is 37.5. The number of carboxylic acids is 1. The average Bonchev–Trinajstić information content (AvgIpc) is 3.42. The van der Waals surface area contributed by atoms with Crippen molar-refractivity contribution in [3.8, 4) is 0 Å². The molecule has 10 atom stereocenters. The maximum Gasteiger partial charge on any atom is 0.309 e. The maximum atomic E-state index is 14.6. The quantitative estimate of drug-likeness (QED) is 0.219. The van der Waals surface area contributed by atoms with Gasteiger partial charge in [0.25, 0.3) is 0 Å². The molecule has 58 heavy (non-hydrogen) atoms. The third-order valence-corrected chi connectivity index (χ3v) is 18.3. The number of ketones is 1. The first-order valence-corrected chi connectivity index (χ1v) is 22.4. The molecule has 6 aliphatic rings. The van der Waals surface area contributed by atoms with Gasteiger partial charge in [-0.2, -0.15) is 0 Å². The molecule has 0 spiro atoms. The lowest BCUT2D eigenvalue weighted by Crippen LogP contribution is -2.66. The van der Waals surface area contributed by atoms with Crippen LogP contribution in [0.25, 0.3) is 0 Å². The summed E-state index contributed by atoms with van der Waals surface area (Å²) in [5.41, 5.74) is 2.06. The zero-order valence-corrected chi connectivity index (χ0v) is 37.5. The van der Waals surface area contributed by atoms with E-state index in [0.717, 1.165) is 69.0 Å². The van der Waals surface area contributed by atoms with Gasteiger partial charge in [0.1, 0.15) is 12.4 Å². The van der Waals surface area contributed by atoms with Crippen molar-refractivity contribution in [3.05, 3.63) is 35.4 Å². The molecule has 0 aromatic carbocycles. The van der Waals surface area contributed by atoms with Gasteiger partial charge in [-0.15, -0.1) is 0 Å². The second-order valence-corrected chi connectivity index (χ2v) is 22.3. The number of carboxylic acid groups (broad SMARTS) is 1. The Balaban J connectivity index is 1.15. The van der Waals surface area contributed by atoms with Crippen LogP contribution in [0, 0.1) is 68.0 Å². The zero-order chi connectivity index (χ0) is 42.4. The van der Waals surface area contributed by atoms with Crippen molar-refractivity contribution in [2.24, 2.45) is 68.0 Å². The van der Waals surface area contributed by atoms with Crippen LogP contribution in [-0.4, -0.2) is 81.8 Å². The maximum absolute atomic E-state index is 14.6. The van der Waals surface area contributed by atoms with Crippen molar-refractivity contribution in [3.63, 3.8) is 0 Å². The van der Waals surface area contributed by atoms with Gasteiger partial charge in [-0.25, -0.2) is 9.97 Å². The number of aliphatic carboxylic acids is 1. The number of hydrogen-bond donors (Lipinski definition) is 1. The van der Waals surface area contributed by atoms with Gasteiger partial charge in [-0.1, -0.05) is 67.9 Å². The van der Waals surface area contributed by atoms with Crippen LogP contribution in [0.3, 0.4) is 0 Å². The second-order valence-electron chi connectivity index (χ2n) is 22.3. The van der Waals surface area contributed by atoms with Crippen LogP contribution in [0.4, 0.5) is 0 Å². The van der Waals surface area contributed by atoms with Gasteiger partial charge < -0.3 is 19.6 Å². The van der Waals surface area contributed by atoms with Crippen molar-refractivity contribution >= 4 is 23.6 Å². The van der Waals surface area contributed by atoms with Crippen LogP contribution in [0.2, 0.25) is 0 Å². The highest BCUT2D eigenvalue weighted by molar-refractivity contribution is 6.01. The number of carbonyl (C=O) groups excluding carboxylic acids is 3. The first-order chi connectivity index (χ1) is 27.0. The van der Waals surface area contributed by atoms with Crippen LogP contribution >= 0.6 is 0 Å². The van der Waals surface area contributed by atoms with E-state index in [4.69, 9.17) is 4.74 Å². The molecule has 7 rings (SSSR count). The number of allylic oxidation sites excluding steroid dienone is 2. The summed E-state index contributed by atoms with van der Waals surface area (Å²) in [6.07, 6.45) is 14.0. The fraction of sp³-hybridized carbons (Fsp3) is 0.792. The lowest BCUT2D eigenvalue weighted by molar-refractivity contribution is -0.236. The third kappa shape index (κ3) is 6.59. The Hall–Kier alpha value is -3.14. The number of esters is 1. The largest absolute Gasteiger partial charge is 0.481 e. The molecule has 1 N–H and O–H groups in total. The Morgan fingerprint density at radius 2 is 1.53 bits per heavy atom. The van der Waals surface area contributed by atoms with Crippen LogP contribution in [0.5, 0.6) is 0 Å². The van der Waals surface area contributed by atoms with Crippen molar-refractivity contribution < 1.29 is 29.0 Å². The fourth-order valence-electron chi connectivity index (χ4n) is 14.7. The van der Waals surface area contributed by atoms with Crippen molar-refractivity contribution in [2.45, 2.75) is 146 Å². The second kappa shape index (κ2) is 14.8. The third-order valence-electron chi connectivity index (χ3n) is 18.3. The number of nitrogens with zero attached hydrogens (tertiary/aromatic N) is 4. The lowest BCUT2D eigenvalue weighted by atomic mass is 9.33. The number of hydrogen-bond acceptors (Lipinski definition) is 8. The molecule has 5 saturated carbocycles. The first-order valence-electron chi connectivity index (χ1n) is 22.4. The molecular weight excluding hydrogens is 729 g/mol. The molecule has 2 unspecified atom stereocenters. The molecule has 320 valence electrons. The van der Waals surface area contributed by atoms with Gasteiger partial charge >= 0.3 is 11.9 Å². The van der Waals surface area contributed by atoms with E-state index >= 15 is 0 Å². The lowest BCUT2D eigenvalue weighted by Gasteiger charge is -2.72. The van der Waals surface area contributed by atoms with Crippen molar-refractivity contribution in [1.29, 1.82) is 0 Å². The summed E-state index contributed by atoms with van der Waals surface area (Å²) in [6, 6.07) is 0. The minimum atomic E-state index is -0.832. The number of fused-ring (bicyclic) bond motifs is 7. The minimum absolute atomic E-state index is 0.0214. The molecule has 6 aliphatic carbocycles. The number of ether oxygens (including phenoxy) is 1. The molecule has 10 heteroatoms. The topological polar surface area (TPSA) is 130 Å². The summed E-state index contributed by atoms with van der Waals surface area (Å²) in [5, 5.41) is 9.69. The molecule has 1 aromatic rings. The average molecular weight is 801 g/mol. The van der Waals surface area contributed by atoms with Gasteiger partial charge in [0.2, 0.25) is 5.91 Å². The van der Waals surface area contributed by atoms with Crippen LogP contribution in [-0.2, 0) is 30.5 Å². The predicted octanol–water partition coefficient (Wildman–Crippen LogP) is 8.40. The molecule has 1 heterocycles.